The molecule has 0 atom stereocenters. The second kappa shape index (κ2) is 11.1. The van der Waals surface area contributed by atoms with E-state index < -0.39 is 9.84 Å². The zero-order valence-corrected chi connectivity index (χ0v) is 22.1. The Bertz CT molecular complexity index is 1600. The minimum atomic E-state index is -2.93. The van der Waals surface area contributed by atoms with E-state index in [1.54, 1.807) is 17.5 Å². The maximum atomic E-state index is 11.4. The van der Waals surface area contributed by atoms with E-state index in [2.05, 4.69) is 33.5 Å². The third-order valence-corrected chi connectivity index (χ3v) is 7.89. The molecule has 0 aliphatic carbocycles. The number of anilines is 2. The van der Waals surface area contributed by atoms with Crippen LogP contribution in [0.3, 0.4) is 0 Å². The SMILES string of the molecule is CS(=O)(=O)CCCCc1ncsc1-c1ccc2c(Nc3ccc(Oc4ccccc4)cc3)ccnc2c1. The number of nitrogens with one attached hydrogen (secondary N) is 1. The monoisotopic (exact) mass is 529 g/mol. The van der Waals surface area contributed by atoms with Gasteiger partial charge in [0.1, 0.15) is 21.3 Å². The van der Waals surface area contributed by atoms with E-state index >= 15 is 0 Å². The predicted octanol–water partition coefficient (Wildman–Crippen LogP) is 7.26. The van der Waals surface area contributed by atoms with E-state index in [0.717, 1.165) is 62.8 Å². The Hall–Kier alpha value is -3.75. The van der Waals surface area contributed by atoms with Crippen molar-refractivity contribution in [1.82, 2.24) is 9.97 Å². The van der Waals surface area contributed by atoms with Crippen LogP contribution >= 0.6 is 11.3 Å². The summed E-state index contributed by atoms with van der Waals surface area (Å²) in [6.07, 6.45) is 5.27. The lowest BCUT2D eigenvalue weighted by atomic mass is 10.1. The third kappa shape index (κ3) is 6.53. The molecule has 0 spiro atoms. The first-order chi connectivity index (χ1) is 17.9. The summed E-state index contributed by atoms with van der Waals surface area (Å²) in [6, 6.07) is 25.8. The van der Waals surface area contributed by atoms with Crippen molar-refractivity contribution in [2.45, 2.75) is 19.3 Å². The van der Waals surface area contributed by atoms with Gasteiger partial charge in [-0.2, -0.15) is 0 Å². The number of hydrogen-bond acceptors (Lipinski definition) is 7. The Morgan fingerprint density at radius 1 is 0.892 bits per heavy atom. The summed E-state index contributed by atoms with van der Waals surface area (Å²) in [5, 5.41) is 4.52. The fourth-order valence-electron chi connectivity index (χ4n) is 4.12. The van der Waals surface area contributed by atoms with E-state index in [0.29, 0.717) is 6.42 Å². The second-order valence-corrected chi connectivity index (χ2v) is 12.0. The highest BCUT2D eigenvalue weighted by molar-refractivity contribution is 7.90. The zero-order chi connectivity index (χ0) is 25.7. The smallest absolute Gasteiger partial charge is 0.147 e. The molecular weight excluding hydrogens is 502 g/mol. The third-order valence-electron chi connectivity index (χ3n) is 5.94. The molecule has 0 radical (unpaired) electrons. The maximum absolute atomic E-state index is 11.4. The number of aromatic nitrogens is 2. The van der Waals surface area contributed by atoms with Crippen LogP contribution in [0.15, 0.2) is 90.6 Å². The van der Waals surface area contributed by atoms with E-state index in [-0.39, 0.29) is 5.75 Å². The number of hydrogen-bond donors (Lipinski definition) is 1. The lowest BCUT2D eigenvalue weighted by Crippen LogP contribution is -2.03. The molecule has 5 aromatic rings. The quantitative estimate of drug-likeness (QED) is 0.192. The van der Waals surface area contributed by atoms with Gasteiger partial charge in [0.05, 0.1) is 21.6 Å². The highest BCUT2D eigenvalue weighted by atomic mass is 32.2. The van der Waals surface area contributed by atoms with Gasteiger partial charge in [0.25, 0.3) is 0 Å². The Morgan fingerprint density at radius 3 is 2.46 bits per heavy atom. The minimum absolute atomic E-state index is 0.213. The molecular formula is C29H27N3O3S2. The number of sulfone groups is 1. The summed E-state index contributed by atoms with van der Waals surface area (Å²) in [7, 11) is -2.93. The molecule has 0 saturated heterocycles. The van der Waals surface area contributed by atoms with Crippen LogP contribution in [0.2, 0.25) is 0 Å². The van der Waals surface area contributed by atoms with Gasteiger partial charge in [-0.1, -0.05) is 30.3 Å². The van der Waals surface area contributed by atoms with Crippen molar-refractivity contribution >= 4 is 43.5 Å². The zero-order valence-electron chi connectivity index (χ0n) is 20.4. The number of nitrogens with zero attached hydrogens (tertiary/aromatic N) is 2. The lowest BCUT2D eigenvalue weighted by molar-refractivity contribution is 0.483. The molecule has 0 aliphatic rings. The lowest BCUT2D eigenvalue weighted by Gasteiger charge is -2.12. The van der Waals surface area contributed by atoms with Gasteiger partial charge in [-0.25, -0.2) is 13.4 Å². The molecule has 8 heteroatoms. The molecule has 2 aromatic heterocycles. The van der Waals surface area contributed by atoms with Crippen LogP contribution < -0.4 is 10.1 Å². The first-order valence-electron chi connectivity index (χ1n) is 12.0. The summed E-state index contributed by atoms with van der Waals surface area (Å²) in [5.41, 5.74) is 6.74. The number of thiazole rings is 1. The minimum Gasteiger partial charge on any atom is -0.457 e. The number of benzene rings is 3. The molecule has 0 fully saturated rings. The fraction of sp³-hybridized carbons (Fsp3) is 0.172. The average Bonchev–Trinajstić information content (AvgIpc) is 3.36. The molecule has 6 nitrogen and oxygen atoms in total. The normalized spacial score (nSPS) is 11.5. The first kappa shape index (κ1) is 24.9. The van der Waals surface area contributed by atoms with Gasteiger partial charge in [-0.3, -0.25) is 4.98 Å². The first-order valence-corrected chi connectivity index (χ1v) is 15.0. The average molecular weight is 530 g/mol. The molecule has 5 rings (SSSR count). The second-order valence-electron chi connectivity index (χ2n) is 8.87. The van der Waals surface area contributed by atoms with Gasteiger partial charge in [-0.15, -0.1) is 11.3 Å². The van der Waals surface area contributed by atoms with Crippen molar-refractivity contribution in [3.05, 3.63) is 96.3 Å². The number of aryl methyl sites for hydroxylation is 1. The van der Waals surface area contributed by atoms with Gasteiger partial charge < -0.3 is 10.1 Å². The molecule has 2 heterocycles. The Morgan fingerprint density at radius 2 is 1.68 bits per heavy atom. The number of rotatable bonds is 10. The fourth-order valence-corrected chi connectivity index (χ4v) is 5.69. The highest BCUT2D eigenvalue weighted by Crippen LogP contribution is 2.33. The van der Waals surface area contributed by atoms with Crippen molar-refractivity contribution in [3.8, 4) is 21.9 Å². The Balaban J connectivity index is 1.30. The van der Waals surface area contributed by atoms with Crippen LogP contribution in [0, 0.1) is 0 Å². The van der Waals surface area contributed by atoms with Gasteiger partial charge in [0.15, 0.2) is 0 Å². The molecule has 0 unspecified atom stereocenters. The van der Waals surface area contributed by atoms with Crippen LogP contribution in [-0.2, 0) is 16.3 Å². The number of fused-ring (bicyclic) bond motifs is 1. The molecule has 0 bridgehead atoms. The largest absolute Gasteiger partial charge is 0.457 e. The molecule has 37 heavy (non-hydrogen) atoms. The Labute approximate surface area is 220 Å². The maximum Gasteiger partial charge on any atom is 0.147 e. The molecule has 0 amide bonds. The molecule has 188 valence electrons. The van der Waals surface area contributed by atoms with Crippen molar-refractivity contribution in [1.29, 1.82) is 0 Å². The molecule has 1 N–H and O–H groups in total. The summed E-state index contributed by atoms with van der Waals surface area (Å²) < 4.78 is 28.7. The van der Waals surface area contributed by atoms with Crippen LogP contribution in [0.5, 0.6) is 11.5 Å². The molecule has 0 aliphatic heterocycles. The summed E-state index contributed by atoms with van der Waals surface area (Å²) >= 11 is 1.60. The Kier molecular flexibility index (Phi) is 7.48. The van der Waals surface area contributed by atoms with Gasteiger partial charge in [-0.05, 0) is 73.4 Å². The summed E-state index contributed by atoms with van der Waals surface area (Å²) in [4.78, 5) is 10.3. The van der Waals surface area contributed by atoms with Crippen molar-refractivity contribution in [2.75, 3.05) is 17.3 Å². The number of ether oxygens (including phenoxy) is 1. The summed E-state index contributed by atoms with van der Waals surface area (Å²) in [6.45, 7) is 0. The standard InChI is InChI=1S/C29H27N3O3S2/c1-37(33,34)18-6-5-9-27-29(36-20-31-27)21-10-15-25-26(16-17-30-28(25)19-21)32-22-11-13-24(14-12-22)35-23-7-3-2-4-8-23/h2-4,7-8,10-17,19-20H,5-6,9,18H2,1H3,(H,30,32). The van der Waals surface area contributed by atoms with Crippen LogP contribution in [-0.4, -0.2) is 30.4 Å². The number of pyridine rings is 1. The number of unbranched alkanes of at least 4 members (excludes halogenated alkanes) is 1. The van der Waals surface area contributed by atoms with Gasteiger partial charge in [0.2, 0.25) is 0 Å². The van der Waals surface area contributed by atoms with E-state index in [1.807, 2.05) is 66.2 Å². The van der Waals surface area contributed by atoms with Crippen molar-refractivity contribution < 1.29 is 13.2 Å². The highest BCUT2D eigenvalue weighted by Gasteiger charge is 2.12. The van der Waals surface area contributed by atoms with E-state index in [4.69, 9.17) is 4.74 Å². The van der Waals surface area contributed by atoms with Crippen molar-refractivity contribution in [3.63, 3.8) is 0 Å². The van der Waals surface area contributed by atoms with Crippen LogP contribution in [0.1, 0.15) is 18.5 Å². The van der Waals surface area contributed by atoms with E-state index in [9.17, 15) is 8.42 Å². The van der Waals surface area contributed by atoms with E-state index in [1.165, 1.54) is 6.26 Å². The summed E-state index contributed by atoms with van der Waals surface area (Å²) in [5.74, 6) is 1.79. The number of para-hydroxylation sites is 1. The topological polar surface area (TPSA) is 81.2 Å². The molecule has 3 aromatic carbocycles. The van der Waals surface area contributed by atoms with Crippen LogP contribution in [0.4, 0.5) is 11.4 Å². The van der Waals surface area contributed by atoms with Crippen molar-refractivity contribution in [2.24, 2.45) is 0 Å². The van der Waals surface area contributed by atoms with Gasteiger partial charge >= 0.3 is 0 Å². The van der Waals surface area contributed by atoms with Gasteiger partial charge in [0, 0.05) is 35.0 Å². The predicted molar refractivity (Wildman–Crippen MR) is 152 cm³/mol. The van der Waals surface area contributed by atoms with Crippen LogP contribution in [0.25, 0.3) is 21.3 Å². The molecule has 0 saturated carbocycles.